The van der Waals surface area contributed by atoms with Gasteiger partial charge in [-0.15, -0.1) is 11.3 Å². The lowest BCUT2D eigenvalue weighted by atomic mass is 10.0. The van der Waals surface area contributed by atoms with Crippen molar-refractivity contribution in [1.82, 2.24) is 9.97 Å². The minimum Gasteiger partial charge on any atom is -0.492 e. The highest BCUT2D eigenvalue weighted by Gasteiger charge is 2.18. The van der Waals surface area contributed by atoms with Crippen molar-refractivity contribution < 1.29 is 19.0 Å². The second kappa shape index (κ2) is 9.09. The summed E-state index contributed by atoms with van der Waals surface area (Å²) in [5.41, 5.74) is 1.66. The van der Waals surface area contributed by atoms with Crippen LogP contribution in [0.4, 0.5) is 10.2 Å². The summed E-state index contributed by atoms with van der Waals surface area (Å²) in [6.07, 6.45) is 2.13. The topological polar surface area (TPSA) is 84.3 Å². The Bertz CT molecular complexity index is 1240. The summed E-state index contributed by atoms with van der Waals surface area (Å²) in [5, 5.41) is 14.2. The molecule has 0 bridgehead atoms. The van der Waals surface area contributed by atoms with Crippen molar-refractivity contribution in [3.63, 3.8) is 0 Å². The summed E-state index contributed by atoms with van der Waals surface area (Å²) in [4.78, 5) is 20.8. The van der Waals surface area contributed by atoms with Gasteiger partial charge in [0.1, 0.15) is 23.7 Å². The molecule has 31 heavy (non-hydrogen) atoms. The van der Waals surface area contributed by atoms with E-state index in [1.807, 2.05) is 18.2 Å². The maximum absolute atomic E-state index is 14.0. The molecule has 2 aromatic heterocycles. The fraction of sp³-hybridized carbons (Fsp3) is 0.174. The molecule has 0 spiro atoms. The van der Waals surface area contributed by atoms with Gasteiger partial charge in [0.25, 0.3) is 0 Å². The minimum atomic E-state index is -1.03. The van der Waals surface area contributed by atoms with Crippen LogP contribution >= 0.6 is 11.3 Å². The number of nitrogens with one attached hydrogen (secondary N) is 1. The molecule has 6 nitrogen and oxygen atoms in total. The predicted molar refractivity (Wildman–Crippen MR) is 120 cm³/mol. The molecule has 0 aliphatic rings. The number of aromatic nitrogens is 2. The Hall–Kier alpha value is -3.52. The molecule has 0 atom stereocenters. The molecule has 2 aromatic carbocycles. The summed E-state index contributed by atoms with van der Waals surface area (Å²) in [6, 6.07) is 14.2. The van der Waals surface area contributed by atoms with E-state index in [-0.39, 0.29) is 10.7 Å². The third kappa shape index (κ3) is 4.49. The van der Waals surface area contributed by atoms with Crippen LogP contribution in [-0.4, -0.2) is 34.2 Å². The van der Waals surface area contributed by atoms with Crippen molar-refractivity contribution in [2.24, 2.45) is 0 Å². The number of nitrogens with zero attached hydrogens (tertiary/aromatic N) is 2. The fourth-order valence-electron chi connectivity index (χ4n) is 3.37. The summed E-state index contributed by atoms with van der Waals surface area (Å²) in [5.74, 6) is -0.291. The third-order valence-electron chi connectivity index (χ3n) is 4.77. The van der Waals surface area contributed by atoms with E-state index in [1.165, 1.54) is 12.4 Å². The zero-order chi connectivity index (χ0) is 21.8. The van der Waals surface area contributed by atoms with E-state index in [0.29, 0.717) is 47.1 Å². The Kier molecular flexibility index (Phi) is 6.08. The number of thiophene rings is 1. The summed E-state index contributed by atoms with van der Waals surface area (Å²) in [6.45, 7) is 2.78. The molecule has 2 N–H and O–H groups in total. The maximum Gasteiger partial charge on any atom is 0.349 e. The molecule has 4 aromatic rings. The maximum atomic E-state index is 14.0. The molecule has 0 radical (unpaired) electrons. The number of carboxylic acids is 1. The molecule has 2 heterocycles. The molecule has 0 aliphatic carbocycles. The van der Waals surface area contributed by atoms with Crippen molar-refractivity contribution in [3.8, 4) is 16.3 Å². The number of halogens is 1. The average Bonchev–Trinajstić information content (AvgIpc) is 3.20. The first-order valence-corrected chi connectivity index (χ1v) is 10.6. The highest BCUT2D eigenvalue weighted by atomic mass is 32.1. The largest absolute Gasteiger partial charge is 0.492 e. The highest BCUT2D eigenvalue weighted by molar-refractivity contribution is 7.17. The van der Waals surface area contributed by atoms with Gasteiger partial charge in [0.05, 0.1) is 17.2 Å². The predicted octanol–water partition coefficient (Wildman–Crippen LogP) is 5.25. The minimum absolute atomic E-state index is 0.146. The van der Waals surface area contributed by atoms with Crippen LogP contribution in [-0.2, 0) is 6.42 Å². The Labute approximate surface area is 182 Å². The highest BCUT2D eigenvalue weighted by Crippen LogP contribution is 2.36. The van der Waals surface area contributed by atoms with Gasteiger partial charge in [-0.1, -0.05) is 30.3 Å². The van der Waals surface area contributed by atoms with Crippen molar-refractivity contribution in [1.29, 1.82) is 0 Å². The molecule has 0 fully saturated rings. The first-order valence-electron chi connectivity index (χ1n) is 9.79. The summed E-state index contributed by atoms with van der Waals surface area (Å²) in [7, 11) is 0. The molecule has 0 amide bonds. The standard InChI is InChI=1S/C23H20FN3O3S/c1-2-30-19-12-20(31-22(19)23(28)29)18-11-21(27-13-26-18)25-10-9-14-7-8-17(24)16-6-4-3-5-15(14)16/h3-8,11-13H,2,9-10H2,1H3,(H,28,29)(H,25,26,27). The third-order valence-corrected chi connectivity index (χ3v) is 5.90. The first kappa shape index (κ1) is 20.7. The number of carboxylic acid groups (broad SMARTS) is 1. The summed E-state index contributed by atoms with van der Waals surface area (Å²) >= 11 is 1.11. The average molecular weight is 437 g/mol. The van der Waals surface area contributed by atoms with Gasteiger partial charge in [0.2, 0.25) is 0 Å². The van der Waals surface area contributed by atoms with Gasteiger partial charge in [-0.3, -0.25) is 0 Å². The fourth-order valence-corrected chi connectivity index (χ4v) is 4.28. The summed E-state index contributed by atoms with van der Waals surface area (Å²) < 4.78 is 19.4. The monoisotopic (exact) mass is 437 g/mol. The van der Waals surface area contributed by atoms with Crippen molar-refractivity contribution in [2.45, 2.75) is 13.3 Å². The van der Waals surface area contributed by atoms with Crippen LogP contribution < -0.4 is 10.1 Å². The number of rotatable bonds is 8. The number of ether oxygens (including phenoxy) is 1. The van der Waals surface area contributed by atoms with Crippen molar-refractivity contribution in [3.05, 3.63) is 71.1 Å². The number of hydrogen-bond acceptors (Lipinski definition) is 6. The van der Waals surface area contributed by atoms with Gasteiger partial charge < -0.3 is 15.2 Å². The van der Waals surface area contributed by atoms with Gasteiger partial charge in [-0.05, 0) is 30.4 Å². The molecule has 4 rings (SSSR count). The SMILES string of the molecule is CCOc1cc(-c2cc(NCCc3ccc(F)c4ccccc34)ncn2)sc1C(=O)O. The van der Waals surface area contributed by atoms with Gasteiger partial charge in [0.15, 0.2) is 4.88 Å². The van der Waals surface area contributed by atoms with E-state index in [1.54, 1.807) is 31.2 Å². The van der Waals surface area contributed by atoms with Crippen molar-refractivity contribution in [2.75, 3.05) is 18.5 Å². The number of anilines is 1. The number of hydrogen-bond donors (Lipinski definition) is 2. The van der Waals surface area contributed by atoms with E-state index in [2.05, 4.69) is 15.3 Å². The molecule has 8 heteroatoms. The normalized spacial score (nSPS) is 10.9. The van der Waals surface area contributed by atoms with E-state index < -0.39 is 5.97 Å². The van der Waals surface area contributed by atoms with E-state index >= 15 is 0 Å². The lowest BCUT2D eigenvalue weighted by Crippen LogP contribution is -2.07. The quantitative estimate of drug-likeness (QED) is 0.392. The van der Waals surface area contributed by atoms with Crippen LogP contribution in [0.25, 0.3) is 21.3 Å². The van der Waals surface area contributed by atoms with Gasteiger partial charge in [0, 0.05) is 24.1 Å². The van der Waals surface area contributed by atoms with Crippen molar-refractivity contribution >= 4 is 33.9 Å². The number of carbonyl (C=O) groups is 1. The van der Waals surface area contributed by atoms with E-state index in [9.17, 15) is 14.3 Å². The van der Waals surface area contributed by atoms with Gasteiger partial charge >= 0.3 is 5.97 Å². The molecular formula is C23H20FN3O3S. The Balaban J connectivity index is 1.50. The second-order valence-corrected chi connectivity index (χ2v) is 7.81. The smallest absolute Gasteiger partial charge is 0.349 e. The molecule has 0 saturated heterocycles. The van der Waals surface area contributed by atoms with Gasteiger partial charge in [-0.2, -0.15) is 0 Å². The Morgan fingerprint density at radius 1 is 1.16 bits per heavy atom. The molecule has 0 saturated carbocycles. The second-order valence-electron chi connectivity index (χ2n) is 6.76. The molecular weight excluding hydrogens is 417 g/mol. The molecule has 0 aliphatic heterocycles. The molecule has 158 valence electrons. The van der Waals surface area contributed by atoms with Crippen LogP contribution in [0.2, 0.25) is 0 Å². The Morgan fingerprint density at radius 2 is 1.97 bits per heavy atom. The lowest BCUT2D eigenvalue weighted by molar-refractivity contribution is 0.0698. The Morgan fingerprint density at radius 3 is 2.74 bits per heavy atom. The molecule has 0 unspecified atom stereocenters. The number of fused-ring (bicyclic) bond motifs is 1. The number of aromatic carboxylic acids is 1. The van der Waals surface area contributed by atoms with Crippen LogP contribution in [0.1, 0.15) is 22.2 Å². The van der Waals surface area contributed by atoms with Gasteiger partial charge in [-0.25, -0.2) is 19.2 Å². The van der Waals surface area contributed by atoms with Crippen LogP contribution in [0.15, 0.2) is 54.9 Å². The zero-order valence-corrected chi connectivity index (χ0v) is 17.6. The lowest BCUT2D eigenvalue weighted by Gasteiger charge is -2.09. The van der Waals surface area contributed by atoms with E-state index in [4.69, 9.17) is 4.74 Å². The zero-order valence-electron chi connectivity index (χ0n) is 16.8. The van der Waals surface area contributed by atoms with Crippen LogP contribution in [0.5, 0.6) is 5.75 Å². The van der Waals surface area contributed by atoms with Crippen LogP contribution in [0, 0.1) is 5.82 Å². The van der Waals surface area contributed by atoms with Crippen LogP contribution in [0.3, 0.4) is 0 Å². The number of benzene rings is 2. The van der Waals surface area contributed by atoms with E-state index in [0.717, 1.165) is 22.3 Å². The first-order chi connectivity index (χ1) is 15.1.